The first-order valence-electron chi connectivity index (χ1n) is 6.47. The maximum atomic E-state index is 11.8. The van der Waals surface area contributed by atoms with E-state index in [0.717, 1.165) is 18.8 Å². The molecule has 0 saturated heterocycles. The topological polar surface area (TPSA) is 70.7 Å². The van der Waals surface area contributed by atoms with E-state index in [1.54, 1.807) is 30.5 Å². The van der Waals surface area contributed by atoms with Crippen LogP contribution in [0.15, 0.2) is 36.7 Å². The molecule has 0 aliphatic rings. The number of anilines is 1. The Morgan fingerprint density at radius 3 is 2.95 bits per heavy atom. The van der Waals surface area contributed by atoms with Gasteiger partial charge in [0.15, 0.2) is 0 Å². The molecule has 2 aromatic rings. The van der Waals surface area contributed by atoms with Crippen molar-refractivity contribution in [2.75, 3.05) is 5.32 Å². The molecule has 0 saturated carbocycles. The molecule has 1 N–H and O–H groups in total. The lowest BCUT2D eigenvalue weighted by molar-refractivity contribution is -0.116. The number of carbonyl (C=O) groups excluding carboxylic acids is 1. The fourth-order valence-corrected chi connectivity index (χ4v) is 1.95. The molecule has 20 heavy (non-hydrogen) atoms. The van der Waals surface area contributed by atoms with Crippen molar-refractivity contribution in [1.29, 1.82) is 5.26 Å². The van der Waals surface area contributed by atoms with Gasteiger partial charge in [-0.3, -0.25) is 4.79 Å². The van der Waals surface area contributed by atoms with Crippen LogP contribution in [0, 0.1) is 18.3 Å². The largest absolute Gasteiger partial charge is 0.335 e. The first kappa shape index (κ1) is 13.8. The second-order valence-corrected chi connectivity index (χ2v) is 4.48. The van der Waals surface area contributed by atoms with Gasteiger partial charge in [0.05, 0.1) is 11.3 Å². The van der Waals surface area contributed by atoms with E-state index in [-0.39, 0.29) is 5.91 Å². The van der Waals surface area contributed by atoms with E-state index in [2.05, 4.69) is 16.4 Å². The number of aromatic nitrogens is 2. The third-order valence-electron chi connectivity index (χ3n) is 3.05. The highest BCUT2D eigenvalue weighted by molar-refractivity contribution is 5.92. The van der Waals surface area contributed by atoms with E-state index < -0.39 is 0 Å². The fraction of sp³-hybridized carbons (Fsp3) is 0.267. The van der Waals surface area contributed by atoms with E-state index in [0.29, 0.717) is 17.7 Å². The van der Waals surface area contributed by atoms with Crippen molar-refractivity contribution >= 4 is 11.6 Å². The van der Waals surface area contributed by atoms with E-state index >= 15 is 0 Å². The van der Waals surface area contributed by atoms with Gasteiger partial charge in [-0.25, -0.2) is 4.98 Å². The lowest BCUT2D eigenvalue weighted by atomic mass is 10.2. The highest BCUT2D eigenvalue weighted by atomic mass is 16.1. The molecular weight excluding hydrogens is 252 g/mol. The fourth-order valence-electron chi connectivity index (χ4n) is 1.95. The summed E-state index contributed by atoms with van der Waals surface area (Å²) in [6, 6.07) is 9.05. The van der Waals surface area contributed by atoms with Crippen LogP contribution in [0.2, 0.25) is 0 Å². The zero-order valence-electron chi connectivity index (χ0n) is 11.3. The molecule has 1 amide bonds. The quantitative estimate of drug-likeness (QED) is 0.905. The molecule has 0 spiro atoms. The van der Waals surface area contributed by atoms with Crippen LogP contribution in [-0.4, -0.2) is 15.5 Å². The molecule has 1 aromatic heterocycles. The molecule has 5 nitrogen and oxygen atoms in total. The van der Waals surface area contributed by atoms with Crippen LogP contribution in [0.4, 0.5) is 5.69 Å². The van der Waals surface area contributed by atoms with Gasteiger partial charge in [-0.15, -0.1) is 0 Å². The average Bonchev–Trinajstić information content (AvgIpc) is 2.85. The van der Waals surface area contributed by atoms with Crippen molar-refractivity contribution in [2.24, 2.45) is 0 Å². The SMILES string of the molecule is Cc1nccn1CCCC(=O)Nc1ccccc1C#N. The summed E-state index contributed by atoms with van der Waals surface area (Å²) in [4.78, 5) is 16.0. The van der Waals surface area contributed by atoms with Crippen molar-refractivity contribution in [2.45, 2.75) is 26.3 Å². The molecule has 0 fully saturated rings. The Labute approximate surface area is 117 Å². The van der Waals surface area contributed by atoms with Gasteiger partial charge < -0.3 is 9.88 Å². The number of rotatable bonds is 5. The Bertz CT molecular complexity index is 639. The van der Waals surface area contributed by atoms with Crippen LogP contribution in [0.25, 0.3) is 0 Å². The molecule has 1 heterocycles. The number of amides is 1. The van der Waals surface area contributed by atoms with Crippen molar-refractivity contribution in [1.82, 2.24) is 9.55 Å². The van der Waals surface area contributed by atoms with E-state index in [4.69, 9.17) is 5.26 Å². The molecule has 0 atom stereocenters. The Balaban J connectivity index is 1.84. The number of para-hydroxylation sites is 1. The van der Waals surface area contributed by atoms with E-state index in [1.165, 1.54) is 0 Å². The zero-order valence-corrected chi connectivity index (χ0v) is 11.3. The van der Waals surface area contributed by atoms with Crippen LogP contribution in [-0.2, 0) is 11.3 Å². The molecule has 1 aromatic carbocycles. The average molecular weight is 268 g/mol. The summed E-state index contributed by atoms with van der Waals surface area (Å²) in [5, 5.41) is 11.7. The third-order valence-corrected chi connectivity index (χ3v) is 3.05. The number of carbonyl (C=O) groups is 1. The van der Waals surface area contributed by atoms with Crippen LogP contribution >= 0.6 is 0 Å². The predicted octanol–water partition coefficient (Wildman–Crippen LogP) is 2.48. The standard InChI is InChI=1S/C15H16N4O/c1-12-17-8-10-19(12)9-4-7-15(20)18-14-6-3-2-5-13(14)11-16/h2-3,5-6,8,10H,4,7,9H2,1H3,(H,18,20). The molecule has 0 bridgehead atoms. The van der Waals surface area contributed by atoms with Crippen LogP contribution in [0.1, 0.15) is 24.2 Å². The Morgan fingerprint density at radius 1 is 1.45 bits per heavy atom. The van der Waals surface area contributed by atoms with Gasteiger partial charge in [0.1, 0.15) is 11.9 Å². The number of hydrogen-bond donors (Lipinski definition) is 1. The van der Waals surface area contributed by atoms with E-state index in [1.807, 2.05) is 17.7 Å². The summed E-state index contributed by atoms with van der Waals surface area (Å²) in [5.74, 6) is 0.866. The molecule has 0 aliphatic heterocycles. The first-order valence-corrected chi connectivity index (χ1v) is 6.47. The minimum atomic E-state index is -0.0783. The van der Waals surface area contributed by atoms with Gasteiger partial charge in [0, 0.05) is 25.4 Å². The van der Waals surface area contributed by atoms with Gasteiger partial charge in [0.25, 0.3) is 0 Å². The van der Waals surface area contributed by atoms with Gasteiger partial charge in [0.2, 0.25) is 5.91 Å². The number of benzene rings is 1. The zero-order chi connectivity index (χ0) is 14.4. The Kier molecular flexibility index (Phi) is 4.51. The normalized spacial score (nSPS) is 10.0. The van der Waals surface area contributed by atoms with Crippen molar-refractivity contribution in [3.05, 3.63) is 48.0 Å². The van der Waals surface area contributed by atoms with Crippen LogP contribution in [0.5, 0.6) is 0 Å². The Morgan fingerprint density at radius 2 is 2.25 bits per heavy atom. The van der Waals surface area contributed by atoms with Gasteiger partial charge in [-0.1, -0.05) is 12.1 Å². The number of nitriles is 1. The third kappa shape index (κ3) is 3.45. The highest BCUT2D eigenvalue weighted by Crippen LogP contribution is 2.14. The molecule has 102 valence electrons. The maximum Gasteiger partial charge on any atom is 0.224 e. The Hall–Kier alpha value is -2.61. The van der Waals surface area contributed by atoms with Crippen molar-refractivity contribution in [3.63, 3.8) is 0 Å². The minimum absolute atomic E-state index is 0.0783. The number of aryl methyl sites for hydroxylation is 2. The van der Waals surface area contributed by atoms with Crippen molar-refractivity contribution < 1.29 is 4.79 Å². The summed E-state index contributed by atoms with van der Waals surface area (Å²) in [6.07, 6.45) is 4.80. The van der Waals surface area contributed by atoms with Crippen molar-refractivity contribution in [3.8, 4) is 6.07 Å². The summed E-state index contributed by atoms with van der Waals surface area (Å²) in [6.45, 7) is 2.70. The van der Waals surface area contributed by atoms with E-state index in [9.17, 15) is 4.79 Å². The smallest absolute Gasteiger partial charge is 0.224 e. The molecule has 5 heteroatoms. The molecule has 2 rings (SSSR count). The summed E-state index contributed by atoms with van der Waals surface area (Å²) in [7, 11) is 0. The molecular formula is C15H16N4O. The van der Waals surface area contributed by atoms with Gasteiger partial charge in [-0.2, -0.15) is 5.26 Å². The maximum absolute atomic E-state index is 11.8. The van der Waals surface area contributed by atoms with Gasteiger partial charge >= 0.3 is 0 Å². The summed E-state index contributed by atoms with van der Waals surface area (Å²) < 4.78 is 2.01. The minimum Gasteiger partial charge on any atom is -0.335 e. The highest BCUT2D eigenvalue weighted by Gasteiger charge is 2.06. The molecule has 0 unspecified atom stereocenters. The number of nitrogens with zero attached hydrogens (tertiary/aromatic N) is 3. The van der Waals surface area contributed by atoms with Gasteiger partial charge in [-0.05, 0) is 25.5 Å². The van der Waals surface area contributed by atoms with Crippen LogP contribution < -0.4 is 5.32 Å². The first-order chi connectivity index (χ1) is 9.70. The lowest BCUT2D eigenvalue weighted by Gasteiger charge is -2.07. The summed E-state index contributed by atoms with van der Waals surface area (Å²) >= 11 is 0. The summed E-state index contributed by atoms with van der Waals surface area (Å²) in [5.41, 5.74) is 1.05. The second kappa shape index (κ2) is 6.53. The second-order valence-electron chi connectivity index (χ2n) is 4.48. The monoisotopic (exact) mass is 268 g/mol. The predicted molar refractivity (Wildman–Crippen MR) is 76.0 cm³/mol. The van der Waals surface area contributed by atoms with Crippen LogP contribution in [0.3, 0.4) is 0 Å². The molecule has 0 aliphatic carbocycles. The lowest BCUT2D eigenvalue weighted by Crippen LogP contribution is -2.13. The molecule has 0 radical (unpaired) electrons. The number of imidazole rings is 1. The number of nitrogens with one attached hydrogen (secondary N) is 1. The number of hydrogen-bond acceptors (Lipinski definition) is 3.